The minimum atomic E-state index is 0.966. The fourth-order valence-corrected chi connectivity index (χ4v) is 5.94. The Kier molecular flexibility index (Phi) is 39.8. The lowest BCUT2D eigenvalue weighted by Crippen LogP contribution is -1.98. The van der Waals surface area contributed by atoms with E-state index in [4.69, 9.17) is 9.47 Å². The van der Waals surface area contributed by atoms with E-state index in [-0.39, 0.29) is 0 Å². The molecule has 0 unspecified atom stereocenters. The Balaban J connectivity index is 3.02. The molecule has 0 aromatic rings. The van der Waals surface area contributed by atoms with Gasteiger partial charge in [0, 0.05) is 26.4 Å². The van der Waals surface area contributed by atoms with Gasteiger partial charge >= 0.3 is 0 Å². The fraction of sp³-hybridized carbons (Fsp3) is 1.00. The van der Waals surface area contributed by atoms with Gasteiger partial charge in [0.15, 0.2) is 0 Å². The Morgan fingerprint density at radius 3 is 0.512 bits per heavy atom. The van der Waals surface area contributed by atoms with Gasteiger partial charge < -0.3 is 9.47 Å². The molecule has 0 aromatic carbocycles. The van der Waals surface area contributed by atoms with E-state index in [9.17, 15) is 0 Å². The fourth-order valence-electron chi connectivity index (χ4n) is 5.94. The van der Waals surface area contributed by atoms with Gasteiger partial charge in [-0.15, -0.1) is 0 Å². The molecule has 0 rings (SSSR count). The van der Waals surface area contributed by atoms with Crippen LogP contribution in [0.15, 0.2) is 0 Å². The van der Waals surface area contributed by atoms with Gasteiger partial charge in [0.25, 0.3) is 0 Å². The lowest BCUT2D eigenvalue weighted by atomic mass is 10.0. The summed E-state index contributed by atoms with van der Waals surface area (Å²) in [5.74, 6) is 0. The number of hydrogen-bond acceptors (Lipinski definition) is 2. The molecule has 0 heterocycles. The normalized spacial score (nSPS) is 11.6. The molecule has 0 atom stereocenters. The Bertz CT molecular complexity index is 386. The van der Waals surface area contributed by atoms with E-state index in [1.54, 1.807) is 0 Å². The largest absolute Gasteiger partial charge is 0.381 e. The van der Waals surface area contributed by atoms with Crippen molar-refractivity contribution in [2.45, 2.75) is 226 Å². The van der Waals surface area contributed by atoms with Crippen molar-refractivity contribution in [3.63, 3.8) is 0 Å². The lowest BCUT2D eigenvalue weighted by molar-refractivity contribution is 0.121. The first-order valence-electron chi connectivity index (χ1n) is 19.6. The number of rotatable bonds is 38. The number of ether oxygens (including phenoxy) is 2. The zero-order valence-corrected chi connectivity index (χ0v) is 29.0. The van der Waals surface area contributed by atoms with Gasteiger partial charge in [0.05, 0.1) is 0 Å². The molecule has 0 aliphatic rings. The zero-order valence-electron chi connectivity index (χ0n) is 29.0. The zero-order chi connectivity index (χ0) is 29.6. The Hall–Kier alpha value is -0.0800. The van der Waals surface area contributed by atoms with Crippen molar-refractivity contribution in [2.75, 3.05) is 26.4 Å². The Morgan fingerprint density at radius 2 is 0.341 bits per heavy atom. The van der Waals surface area contributed by atoms with Gasteiger partial charge in [0.2, 0.25) is 0 Å². The Morgan fingerprint density at radius 1 is 0.195 bits per heavy atom. The van der Waals surface area contributed by atoms with Crippen LogP contribution in [0.4, 0.5) is 0 Å². The van der Waals surface area contributed by atoms with Crippen LogP contribution in [-0.2, 0) is 9.47 Å². The highest BCUT2D eigenvalue weighted by molar-refractivity contribution is 4.51. The second kappa shape index (κ2) is 39.9. The van der Waals surface area contributed by atoms with E-state index < -0.39 is 0 Å². The van der Waals surface area contributed by atoms with E-state index in [1.807, 2.05) is 0 Å². The molecule has 0 radical (unpaired) electrons. The smallest absolute Gasteiger partial charge is 0.0466 e. The topological polar surface area (TPSA) is 18.5 Å². The van der Waals surface area contributed by atoms with Crippen molar-refractivity contribution in [3.8, 4) is 0 Å². The molecule has 0 amide bonds. The summed E-state index contributed by atoms with van der Waals surface area (Å²) < 4.78 is 11.7. The van der Waals surface area contributed by atoms with E-state index in [1.165, 1.54) is 212 Å². The van der Waals surface area contributed by atoms with Crippen molar-refractivity contribution < 1.29 is 9.47 Å². The first kappa shape index (κ1) is 40.9. The summed E-state index contributed by atoms with van der Waals surface area (Å²) in [6.45, 7) is 8.49. The van der Waals surface area contributed by atoms with Gasteiger partial charge in [-0.25, -0.2) is 0 Å². The van der Waals surface area contributed by atoms with Crippen LogP contribution in [0.5, 0.6) is 0 Å². The molecule has 0 aliphatic carbocycles. The quantitative estimate of drug-likeness (QED) is 0.0676. The summed E-state index contributed by atoms with van der Waals surface area (Å²) >= 11 is 0. The molecule has 0 bridgehead atoms. The SMILES string of the molecule is CCCCCCCCCCCCCCCCOCCCCCCCOCCCCCCCCCCCCCCCC. The lowest BCUT2D eigenvalue weighted by Gasteiger charge is -2.06. The first-order chi connectivity index (χ1) is 20.4. The Labute approximate surface area is 261 Å². The summed E-state index contributed by atoms with van der Waals surface area (Å²) in [4.78, 5) is 0. The molecule has 0 aromatic heterocycles. The van der Waals surface area contributed by atoms with Crippen LogP contribution in [0.2, 0.25) is 0 Å². The van der Waals surface area contributed by atoms with Crippen molar-refractivity contribution in [1.29, 1.82) is 0 Å². The highest BCUT2D eigenvalue weighted by atomic mass is 16.5. The van der Waals surface area contributed by atoms with Crippen molar-refractivity contribution in [2.24, 2.45) is 0 Å². The van der Waals surface area contributed by atoms with E-state index in [2.05, 4.69) is 13.8 Å². The van der Waals surface area contributed by atoms with Gasteiger partial charge in [-0.1, -0.05) is 200 Å². The highest BCUT2D eigenvalue weighted by Crippen LogP contribution is 2.14. The van der Waals surface area contributed by atoms with Gasteiger partial charge in [-0.3, -0.25) is 0 Å². The molecule has 0 saturated heterocycles. The molecule has 0 N–H and O–H groups in total. The van der Waals surface area contributed by atoms with Crippen LogP contribution < -0.4 is 0 Å². The molecular weight excluding hydrogens is 500 g/mol. The highest BCUT2D eigenvalue weighted by Gasteiger charge is 1.97. The van der Waals surface area contributed by atoms with Gasteiger partial charge in [-0.2, -0.15) is 0 Å². The summed E-state index contributed by atoms with van der Waals surface area (Å²) in [6.07, 6.45) is 46.3. The maximum Gasteiger partial charge on any atom is 0.0466 e. The van der Waals surface area contributed by atoms with Crippen LogP contribution in [0, 0.1) is 0 Å². The van der Waals surface area contributed by atoms with Crippen molar-refractivity contribution in [1.82, 2.24) is 0 Å². The van der Waals surface area contributed by atoms with Gasteiger partial charge in [0.1, 0.15) is 0 Å². The van der Waals surface area contributed by atoms with Crippen LogP contribution in [0.3, 0.4) is 0 Å². The molecule has 0 spiro atoms. The second-order valence-electron chi connectivity index (χ2n) is 13.2. The monoisotopic (exact) mass is 581 g/mol. The molecular formula is C39H80O2. The van der Waals surface area contributed by atoms with Gasteiger partial charge in [-0.05, 0) is 25.7 Å². The number of unbranched alkanes of at least 4 members (excludes halogenated alkanes) is 30. The summed E-state index contributed by atoms with van der Waals surface area (Å²) in [7, 11) is 0. The first-order valence-corrected chi connectivity index (χ1v) is 19.6. The minimum Gasteiger partial charge on any atom is -0.381 e. The summed E-state index contributed by atoms with van der Waals surface area (Å²) in [6, 6.07) is 0. The molecule has 2 heteroatoms. The average molecular weight is 581 g/mol. The standard InChI is InChI=1S/C39H80O2/c1-3-5-7-9-11-13-15-17-19-21-23-25-28-32-36-40-38-34-30-27-31-35-39-41-37-33-29-26-24-22-20-18-16-14-12-10-8-6-4-2/h3-39H2,1-2H3. The van der Waals surface area contributed by atoms with Crippen LogP contribution in [-0.4, -0.2) is 26.4 Å². The van der Waals surface area contributed by atoms with Crippen molar-refractivity contribution >= 4 is 0 Å². The van der Waals surface area contributed by atoms with Crippen molar-refractivity contribution in [3.05, 3.63) is 0 Å². The molecule has 0 saturated carbocycles. The van der Waals surface area contributed by atoms with Crippen LogP contribution in [0.25, 0.3) is 0 Å². The van der Waals surface area contributed by atoms with E-state index in [0.717, 1.165) is 26.4 Å². The molecule has 0 aliphatic heterocycles. The molecule has 0 fully saturated rings. The average Bonchev–Trinajstić information content (AvgIpc) is 2.98. The third-order valence-electron chi connectivity index (χ3n) is 8.86. The maximum absolute atomic E-state index is 5.86. The predicted molar refractivity (Wildman–Crippen MR) is 185 cm³/mol. The predicted octanol–water partition coefficient (Wildman–Crippen LogP) is 13.9. The molecule has 2 nitrogen and oxygen atoms in total. The summed E-state index contributed by atoms with van der Waals surface area (Å²) in [5.41, 5.74) is 0. The molecule has 41 heavy (non-hydrogen) atoms. The third kappa shape index (κ3) is 39.9. The third-order valence-corrected chi connectivity index (χ3v) is 8.86. The van der Waals surface area contributed by atoms with Crippen LogP contribution >= 0.6 is 0 Å². The van der Waals surface area contributed by atoms with E-state index >= 15 is 0 Å². The van der Waals surface area contributed by atoms with Crippen LogP contribution in [0.1, 0.15) is 226 Å². The molecule has 248 valence electrons. The van der Waals surface area contributed by atoms with E-state index in [0.29, 0.717) is 0 Å². The maximum atomic E-state index is 5.86. The second-order valence-corrected chi connectivity index (χ2v) is 13.2. The number of hydrogen-bond donors (Lipinski definition) is 0. The summed E-state index contributed by atoms with van der Waals surface area (Å²) in [5, 5.41) is 0. The minimum absolute atomic E-state index is 0.966.